The first-order valence-electron chi connectivity index (χ1n) is 11.9. The summed E-state index contributed by atoms with van der Waals surface area (Å²) in [5, 5.41) is 17.8. The van der Waals surface area contributed by atoms with E-state index in [4.69, 9.17) is 17.1 Å². The van der Waals surface area contributed by atoms with Gasteiger partial charge in [0.2, 0.25) is 5.95 Å². The lowest BCUT2D eigenvalue weighted by atomic mass is 10.1. The maximum absolute atomic E-state index is 11.3. The van der Waals surface area contributed by atoms with Crippen LogP contribution in [0.3, 0.4) is 0 Å². The highest BCUT2D eigenvalue weighted by molar-refractivity contribution is 5.70. The maximum Gasteiger partial charge on any atom is 0.307 e. The van der Waals surface area contributed by atoms with Crippen molar-refractivity contribution in [3.8, 4) is 35.0 Å². The summed E-state index contributed by atoms with van der Waals surface area (Å²) in [6.45, 7) is 3.75. The molecule has 186 valence electrons. The molecule has 10 heteroatoms. The van der Waals surface area contributed by atoms with Gasteiger partial charge < -0.3 is 10.8 Å². The third-order valence-corrected chi connectivity index (χ3v) is 6.57. The molecular formula is C27H26N8O2. The highest BCUT2D eigenvalue weighted by atomic mass is 16.4. The van der Waals surface area contributed by atoms with Crippen molar-refractivity contribution >= 4 is 11.9 Å². The van der Waals surface area contributed by atoms with Gasteiger partial charge in [-0.15, -0.1) is 11.5 Å². The van der Waals surface area contributed by atoms with Crippen molar-refractivity contribution in [2.24, 2.45) is 5.92 Å². The van der Waals surface area contributed by atoms with E-state index in [9.17, 15) is 9.90 Å². The van der Waals surface area contributed by atoms with Crippen LogP contribution in [0.4, 0.5) is 5.95 Å². The molecule has 4 heterocycles. The zero-order valence-electron chi connectivity index (χ0n) is 20.3. The van der Waals surface area contributed by atoms with Crippen molar-refractivity contribution in [2.45, 2.75) is 25.9 Å². The predicted molar refractivity (Wildman–Crippen MR) is 138 cm³/mol. The summed E-state index contributed by atoms with van der Waals surface area (Å²) >= 11 is 0. The first kappa shape index (κ1) is 24.1. The quantitative estimate of drug-likeness (QED) is 0.372. The van der Waals surface area contributed by atoms with Crippen molar-refractivity contribution in [3.63, 3.8) is 0 Å². The van der Waals surface area contributed by atoms with Gasteiger partial charge in [0.15, 0.2) is 0 Å². The Bertz CT molecular complexity index is 1490. The Kier molecular flexibility index (Phi) is 6.62. The average Bonchev–Trinajstić information content (AvgIpc) is 3.59. The molecule has 10 nitrogen and oxygen atoms in total. The van der Waals surface area contributed by atoms with Gasteiger partial charge in [0, 0.05) is 23.7 Å². The summed E-state index contributed by atoms with van der Waals surface area (Å²) in [6, 6.07) is 15.2. The number of nitrogen functional groups attached to an aromatic ring is 1. The predicted octanol–water partition coefficient (Wildman–Crippen LogP) is 2.88. The van der Waals surface area contributed by atoms with Crippen molar-refractivity contribution in [1.82, 2.24) is 34.8 Å². The Hall–Kier alpha value is -4.62. The molecule has 37 heavy (non-hydrogen) atoms. The van der Waals surface area contributed by atoms with Gasteiger partial charge in [-0.25, -0.2) is 14.6 Å². The second kappa shape index (κ2) is 10.2. The lowest BCUT2D eigenvalue weighted by Gasteiger charge is -2.23. The van der Waals surface area contributed by atoms with Crippen LogP contribution in [-0.2, 0) is 11.3 Å². The van der Waals surface area contributed by atoms with Gasteiger partial charge in [0.25, 0.3) is 0 Å². The van der Waals surface area contributed by atoms with E-state index in [1.165, 1.54) is 0 Å². The SMILES string of the molecule is C#Cc1cccc(-c2cc(-c3cn(Cc4cccc([C@H](C)N5CC[C@@H](C(=O)O)C5)n4)nn3)nc(N)n2)c1. The standard InChI is InChI=1S/C27H26N8O2/c1-3-18-6-4-7-19(12-18)23-13-24(31-27(28)30-23)25-16-35(33-32-25)15-21-8-5-9-22(29-21)17(2)34-11-10-20(14-34)26(36)37/h1,4-9,12-13,16-17,20H,10-11,14-15H2,2H3,(H,36,37)(H2,28,30,31)/t17-,20+/m0/s1. The van der Waals surface area contributed by atoms with E-state index in [1.54, 1.807) is 16.9 Å². The van der Waals surface area contributed by atoms with E-state index in [1.807, 2.05) is 42.5 Å². The van der Waals surface area contributed by atoms with Crippen LogP contribution < -0.4 is 5.73 Å². The molecule has 0 radical (unpaired) electrons. The smallest absolute Gasteiger partial charge is 0.307 e. The second-order valence-electron chi connectivity index (χ2n) is 9.07. The molecule has 0 amide bonds. The number of terminal acetylenes is 1. The minimum atomic E-state index is -0.739. The van der Waals surface area contributed by atoms with Crippen LogP contribution in [0.15, 0.2) is 54.7 Å². The first-order valence-corrected chi connectivity index (χ1v) is 11.9. The number of aromatic nitrogens is 6. The summed E-state index contributed by atoms with van der Waals surface area (Å²) in [5.41, 5.74) is 11.0. The summed E-state index contributed by atoms with van der Waals surface area (Å²) in [5.74, 6) is 1.69. The molecule has 0 saturated carbocycles. The van der Waals surface area contributed by atoms with Crippen LogP contribution in [0.2, 0.25) is 0 Å². The molecule has 1 fully saturated rings. The molecule has 1 aliphatic heterocycles. The molecule has 2 atom stereocenters. The van der Waals surface area contributed by atoms with E-state index in [2.05, 4.69) is 38.0 Å². The number of pyridine rings is 1. The normalized spacial score (nSPS) is 16.4. The fraction of sp³-hybridized carbons (Fsp3) is 0.259. The molecule has 1 aliphatic rings. The fourth-order valence-corrected chi connectivity index (χ4v) is 4.52. The van der Waals surface area contributed by atoms with E-state index in [0.29, 0.717) is 36.6 Å². The van der Waals surface area contributed by atoms with Crippen LogP contribution in [-0.4, -0.2) is 59.0 Å². The van der Waals surface area contributed by atoms with Crippen LogP contribution in [0.5, 0.6) is 0 Å². The topological polar surface area (TPSA) is 136 Å². The van der Waals surface area contributed by atoms with Gasteiger partial charge >= 0.3 is 5.97 Å². The molecule has 3 N–H and O–H groups in total. The third kappa shape index (κ3) is 5.32. The van der Waals surface area contributed by atoms with Crippen molar-refractivity contribution in [2.75, 3.05) is 18.8 Å². The number of hydrogen-bond donors (Lipinski definition) is 2. The summed E-state index contributed by atoms with van der Waals surface area (Å²) in [4.78, 5) is 27.0. The molecule has 0 unspecified atom stereocenters. The lowest BCUT2D eigenvalue weighted by Crippen LogP contribution is -2.27. The first-order chi connectivity index (χ1) is 17.9. The zero-order valence-corrected chi connectivity index (χ0v) is 20.3. The van der Waals surface area contributed by atoms with E-state index in [-0.39, 0.29) is 17.9 Å². The largest absolute Gasteiger partial charge is 0.481 e. The number of anilines is 1. The second-order valence-corrected chi connectivity index (χ2v) is 9.07. The minimum Gasteiger partial charge on any atom is -0.481 e. The van der Waals surface area contributed by atoms with Crippen molar-refractivity contribution in [1.29, 1.82) is 0 Å². The Labute approximate surface area is 214 Å². The molecule has 0 spiro atoms. The number of nitrogens with zero attached hydrogens (tertiary/aromatic N) is 7. The summed E-state index contributed by atoms with van der Waals surface area (Å²) in [6.07, 6.45) is 7.98. The fourth-order valence-electron chi connectivity index (χ4n) is 4.52. The van der Waals surface area contributed by atoms with Crippen LogP contribution in [0.25, 0.3) is 22.6 Å². The van der Waals surface area contributed by atoms with Gasteiger partial charge in [-0.3, -0.25) is 14.7 Å². The molecular weight excluding hydrogens is 468 g/mol. The average molecular weight is 495 g/mol. The van der Waals surface area contributed by atoms with Gasteiger partial charge in [-0.1, -0.05) is 29.3 Å². The van der Waals surface area contributed by atoms with Crippen LogP contribution in [0.1, 0.15) is 36.3 Å². The van der Waals surface area contributed by atoms with Gasteiger partial charge in [0.05, 0.1) is 41.4 Å². The van der Waals surface area contributed by atoms with Gasteiger partial charge in [-0.2, -0.15) is 0 Å². The molecule has 1 saturated heterocycles. The Morgan fingerprint density at radius 1 is 1.16 bits per heavy atom. The number of likely N-dealkylation sites (tertiary alicyclic amines) is 1. The van der Waals surface area contributed by atoms with E-state index < -0.39 is 5.97 Å². The Balaban J connectivity index is 1.33. The number of rotatable bonds is 7. The summed E-state index contributed by atoms with van der Waals surface area (Å²) < 4.78 is 1.69. The number of carboxylic acid groups (broad SMARTS) is 1. The highest BCUT2D eigenvalue weighted by Gasteiger charge is 2.31. The number of carboxylic acids is 1. The summed E-state index contributed by atoms with van der Waals surface area (Å²) in [7, 11) is 0. The molecule has 4 aromatic rings. The Morgan fingerprint density at radius 3 is 2.76 bits per heavy atom. The number of aliphatic carboxylic acids is 1. The third-order valence-electron chi connectivity index (χ3n) is 6.57. The highest BCUT2D eigenvalue weighted by Crippen LogP contribution is 2.27. The van der Waals surface area contributed by atoms with Gasteiger partial charge in [-0.05, 0) is 50.2 Å². The minimum absolute atomic E-state index is 0.0194. The zero-order chi connectivity index (χ0) is 25.9. The van der Waals surface area contributed by atoms with Crippen molar-refractivity contribution in [3.05, 3.63) is 71.7 Å². The molecule has 5 rings (SSSR count). The van der Waals surface area contributed by atoms with Gasteiger partial charge in [0.1, 0.15) is 5.69 Å². The number of nitrogens with two attached hydrogens (primary N) is 1. The molecule has 0 aliphatic carbocycles. The van der Waals surface area contributed by atoms with Crippen LogP contribution in [0, 0.1) is 18.3 Å². The maximum atomic E-state index is 11.3. The monoisotopic (exact) mass is 494 g/mol. The number of hydrogen-bond acceptors (Lipinski definition) is 8. The van der Waals surface area contributed by atoms with Crippen LogP contribution >= 0.6 is 0 Å². The van der Waals surface area contributed by atoms with E-state index in [0.717, 1.165) is 29.1 Å². The molecule has 1 aromatic carbocycles. The van der Waals surface area contributed by atoms with E-state index >= 15 is 0 Å². The number of carbonyl (C=O) groups is 1. The Morgan fingerprint density at radius 2 is 1.97 bits per heavy atom. The van der Waals surface area contributed by atoms with Crippen molar-refractivity contribution < 1.29 is 9.90 Å². The number of benzene rings is 1. The molecule has 3 aromatic heterocycles. The lowest BCUT2D eigenvalue weighted by molar-refractivity contribution is -0.141. The molecule has 0 bridgehead atoms.